The van der Waals surface area contributed by atoms with Crippen molar-refractivity contribution < 1.29 is 4.74 Å². The van der Waals surface area contributed by atoms with Crippen molar-refractivity contribution in [3.8, 4) is 5.75 Å². The van der Waals surface area contributed by atoms with Gasteiger partial charge in [-0.1, -0.05) is 29.8 Å². The largest absolute Gasteiger partial charge is 0.496 e. The third-order valence-electron chi connectivity index (χ3n) is 4.18. The van der Waals surface area contributed by atoms with Crippen molar-refractivity contribution in [2.45, 2.75) is 13.5 Å². The molecule has 4 aromatic rings. The second-order valence-corrected chi connectivity index (χ2v) is 5.79. The molecule has 24 heavy (non-hydrogen) atoms. The van der Waals surface area contributed by atoms with Gasteiger partial charge in [-0.25, -0.2) is 9.97 Å². The Morgan fingerprint density at radius 2 is 2.00 bits per heavy atom. The number of methoxy groups -OCH3 is 1. The first-order valence-corrected chi connectivity index (χ1v) is 7.85. The number of nitrogens with one attached hydrogen (secondary N) is 2. The molecule has 0 aliphatic rings. The molecule has 0 atom stereocenters. The van der Waals surface area contributed by atoms with Gasteiger partial charge in [0.1, 0.15) is 23.1 Å². The molecule has 0 amide bonds. The van der Waals surface area contributed by atoms with E-state index in [-0.39, 0.29) is 0 Å². The van der Waals surface area contributed by atoms with E-state index >= 15 is 0 Å². The van der Waals surface area contributed by atoms with E-state index in [9.17, 15) is 0 Å². The highest BCUT2D eigenvalue weighted by Gasteiger charge is 2.11. The zero-order valence-electron chi connectivity index (χ0n) is 13.6. The maximum Gasteiger partial charge on any atom is 0.154 e. The van der Waals surface area contributed by atoms with Crippen LogP contribution in [0.3, 0.4) is 0 Å². The van der Waals surface area contributed by atoms with Crippen LogP contribution in [-0.2, 0) is 6.54 Å². The van der Waals surface area contributed by atoms with Crippen molar-refractivity contribution in [1.82, 2.24) is 15.0 Å². The van der Waals surface area contributed by atoms with Gasteiger partial charge in [0.25, 0.3) is 0 Å². The number of rotatable bonds is 4. The predicted octanol–water partition coefficient (Wildman–Crippen LogP) is 4.04. The molecule has 2 heterocycles. The van der Waals surface area contributed by atoms with Crippen LogP contribution in [0.5, 0.6) is 5.75 Å². The Morgan fingerprint density at radius 3 is 2.88 bits per heavy atom. The van der Waals surface area contributed by atoms with Crippen LogP contribution in [0, 0.1) is 6.92 Å². The standard InChI is InChI=1S/C19H18N4O/c1-12-7-8-15-14(9-12)17-18(23-15)19(22-11-21-17)20-10-13-5-3-4-6-16(13)24-2/h3-9,11,23H,10H2,1-2H3,(H,20,21,22). The van der Waals surface area contributed by atoms with E-state index < -0.39 is 0 Å². The summed E-state index contributed by atoms with van der Waals surface area (Å²) in [6.45, 7) is 2.71. The molecule has 120 valence electrons. The van der Waals surface area contributed by atoms with E-state index in [0.29, 0.717) is 6.54 Å². The Balaban J connectivity index is 1.73. The van der Waals surface area contributed by atoms with Gasteiger partial charge >= 0.3 is 0 Å². The van der Waals surface area contributed by atoms with E-state index in [2.05, 4.69) is 45.4 Å². The fourth-order valence-electron chi connectivity index (χ4n) is 2.97. The minimum absolute atomic E-state index is 0.629. The van der Waals surface area contributed by atoms with Gasteiger partial charge in [0.2, 0.25) is 0 Å². The third kappa shape index (κ3) is 2.44. The molecule has 5 heteroatoms. The third-order valence-corrected chi connectivity index (χ3v) is 4.18. The number of aromatic amines is 1. The number of nitrogens with zero attached hydrogens (tertiary/aromatic N) is 2. The predicted molar refractivity (Wildman–Crippen MR) is 96.5 cm³/mol. The number of aryl methyl sites for hydroxylation is 1. The van der Waals surface area contributed by atoms with Crippen molar-refractivity contribution in [2.75, 3.05) is 12.4 Å². The molecule has 2 aromatic heterocycles. The van der Waals surface area contributed by atoms with E-state index in [1.165, 1.54) is 5.56 Å². The monoisotopic (exact) mass is 318 g/mol. The number of H-pyrrole nitrogens is 1. The van der Waals surface area contributed by atoms with E-state index in [1.807, 2.05) is 24.3 Å². The van der Waals surface area contributed by atoms with Crippen LogP contribution < -0.4 is 10.1 Å². The summed E-state index contributed by atoms with van der Waals surface area (Å²) in [5.41, 5.74) is 5.22. The molecular formula is C19H18N4O. The number of para-hydroxylation sites is 1. The summed E-state index contributed by atoms with van der Waals surface area (Å²) >= 11 is 0. The SMILES string of the molecule is COc1ccccc1CNc1ncnc2c1[nH]c1ccc(C)cc12. The summed E-state index contributed by atoms with van der Waals surface area (Å²) < 4.78 is 5.40. The number of hydrogen-bond donors (Lipinski definition) is 2. The average molecular weight is 318 g/mol. The lowest BCUT2D eigenvalue weighted by atomic mass is 10.1. The van der Waals surface area contributed by atoms with E-state index in [4.69, 9.17) is 4.74 Å². The first kappa shape index (κ1) is 14.5. The van der Waals surface area contributed by atoms with Crippen molar-refractivity contribution in [3.05, 3.63) is 59.9 Å². The first-order valence-electron chi connectivity index (χ1n) is 7.85. The lowest BCUT2D eigenvalue weighted by Crippen LogP contribution is -2.04. The van der Waals surface area contributed by atoms with Crippen LogP contribution in [-0.4, -0.2) is 22.1 Å². The van der Waals surface area contributed by atoms with Crippen molar-refractivity contribution >= 4 is 27.8 Å². The van der Waals surface area contributed by atoms with Crippen LogP contribution in [0.15, 0.2) is 48.8 Å². The number of ether oxygens (including phenoxy) is 1. The highest BCUT2D eigenvalue weighted by atomic mass is 16.5. The van der Waals surface area contributed by atoms with Gasteiger partial charge in [0.05, 0.1) is 7.11 Å². The summed E-state index contributed by atoms with van der Waals surface area (Å²) in [5.74, 6) is 1.65. The van der Waals surface area contributed by atoms with Crippen molar-refractivity contribution in [3.63, 3.8) is 0 Å². The second kappa shape index (κ2) is 5.85. The summed E-state index contributed by atoms with van der Waals surface area (Å²) in [5, 5.41) is 4.51. The lowest BCUT2D eigenvalue weighted by Gasteiger charge is -2.10. The second-order valence-electron chi connectivity index (χ2n) is 5.79. The van der Waals surface area contributed by atoms with Gasteiger partial charge in [-0.2, -0.15) is 0 Å². The molecule has 0 saturated carbocycles. The maximum absolute atomic E-state index is 5.40. The Hall–Kier alpha value is -3.08. The highest BCUT2D eigenvalue weighted by molar-refractivity contribution is 6.08. The molecule has 0 fully saturated rings. The molecule has 5 nitrogen and oxygen atoms in total. The summed E-state index contributed by atoms with van der Waals surface area (Å²) in [6.07, 6.45) is 1.60. The Kier molecular flexibility index (Phi) is 3.54. The van der Waals surface area contributed by atoms with E-state index in [1.54, 1.807) is 13.4 Å². The Morgan fingerprint density at radius 1 is 1.12 bits per heavy atom. The van der Waals surface area contributed by atoms with Crippen LogP contribution in [0.2, 0.25) is 0 Å². The lowest BCUT2D eigenvalue weighted by molar-refractivity contribution is 0.410. The molecule has 0 aliphatic carbocycles. The van der Waals surface area contributed by atoms with Gasteiger partial charge in [-0.15, -0.1) is 0 Å². The minimum Gasteiger partial charge on any atom is -0.496 e. The Bertz CT molecular complexity index is 1020. The van der Waals surface area contributed by atoms with Gasteiger partial charge < -0.3 is 15.0 Å². The summed E-state index contributed by atoms with van der Waals surface area (Å²) in [7, 11) is 1.68. The zero-order chi connectivity index (χ0) is 16.5. The van der Waals surface area contributed by atoms with Crippen LogP contribution in [0.25, 0.3) is 21.9 Å². The summed E-state index contributed by atoms with van der Waals surface area (Å²) in [4.78, 5) is 12.3. The van der Waals surface area contributed by atoms with Crippen LogP contribution in [0.1, 0.15) is 11.1 Å². The Labute approximate surface area is 139 Å². The topological polar surface area (TPSA) is 62.8 Å². The smallest absolute Gasteiger partial charge is 0.154 e. The molecule has 0 aliphatic heterocycles. The number of hydrogen-bond acceptors (Lipinski definition) is 4. The molecule has 2 N–H and O–H groups in total. The van der Waals surface area contributed by atoms with Crippen molar-refractivity contribution in [1.29, 1.82) is 0 Å². The highest BCUT2D eigenvalue weighted by Crippen LogP contribution is 2.28. The molecule has 0 radical (unpaired) electrons. The number of anilines is 1. The minimum atomic E-state index is 0.629. The zero-order valence-corrected chi connectivity index (χ0v) is 13.6. The molecule has 2 aromatic carbocycles. The van der Waals surface area contributed by atoms with Gasteiger partial charge in [0, 0.05) is 23.0 Å². The van der Waals surface area contributed by atoms with Crippen LogP contribution >= 0.6 is 0 Å². The first-order chi connectivity index (χ1) is 11.8. The fourth-order valence-corrected chi connectivity index (χ4v) is 2.97. The van der Waals surface area contributed by atoms with E-state index in [0.717, 1.165) is 39.1 Å². The maximum atomic E-state index is 5.40. The van der Waals surface area contributed by atoms with Gasteiger partial charge in [-0.3, -0.25) is 0 Å². The molecule has 4 rings (SSSR count). The number of aromatic nitrogens is 3. The molecular weight excluding hydrogens is 300 g/mol. The van der Waals surface area contributed by atoms with Crippen molar-refractivity contribution in [2.24, 2.45) is 0 Å². The molecule has 0 bridgehead atoms. The van der Waals surface area contributed by atoms with Gasteiger partial charge in [0.15, 0.2) is 5.82 Å². The molecule has 0 spiro atoms. The fraction of sp³-hybridized carbons (Fsp3) is 0.158. The normalized spacial score (nSPS) is 11.1. The number of benzene rings is 2. The molecule has 0 unspecified atom stereocenters. The summed E-state index contributed by atoms with van der Waals surface area (Å²) in [6, 6.07) is 14.3. The molecule has 0 saturated heterocycles. The van der Waals surface area contributed by atoms with Gasteiger partial charge in [-0.05, 0) is 25.1 Å². The van der Waals surface area contributed by atoms with Crippen LogP contribution in [0.4, 0.5) is 5.82 Å². The quantitative estimate of drug-likeness (QED) is 0.596. The number of fused-ring (bicyclic) bond motifs is 3. The average Bonchev–Trinajstić information content (AvgIpc) is 2.98.